The first-order valence-electron chi connectivity index (χ1n) is 7.64. The molecule has 2 N–H and O–H groups in total. The molecule has 1 saturated carbocycles. The number of unbranched alkanes of at least 4 members (excludes halogenated alkanes) is 1. The molecule has 1 fully saturated rings. The Labute approximate surface area is 108 Å². The predicted octanol–water partition coefficient (Wildman–Crippen LogP) is 3.55. The lowest BCUT2D eigenvalue weighted by molar-refractivity contribution is 0.180. The van der Waals surface area contributed by atoms with Crippen LogP contribution in [0.4, 0.5) is 0 Å². The molecule has 1 atom stereocenters. The van der Waals surface area contributed by atoms with Crippen molar-refractivity contribution in [2.75, 3.05) is 13.1 Å². The summed E-state index contributed by atoms with van der Waals surface area (Å²) >= 11 is 0. The van der Waals surface area contributed by atoms with Gasteiger partial charge in [0.1, 0.15) is 0 Å². The summed E-state index contributed by atoms with van der Waals surface area (Å²) in [5.41, 5.74) is 6.62. The Morgan fingerprint density at radius 1 is 1.18 bits per heavy atom. The summed E-state index contributed by atoms with van der Waals surface area (Å²) in [6, 6.07) is 0.714. The summed E-state index contributed by atoms with van der Waals surface area (Å²) in [4.78, 5) is 2.65. The highest BCUT2D eigenvalue weighted by Gasteiger charge is 2.29. The molecule has 1 aliphatic rings. The molecule has 2 heteroatoms. The summed E-state index contributed by atoms with van der Waals surface area (Å²) in [5, 5.41) is 0. The van der Waals surface area contributed by atoms with Crippen molar-refractivity contribution < 1.29 is 0 Å². The van der Waals surface area contributed by atoms with E-state index in [4.69, 9.17) is 5.73 Å². The van der Waals surface area contributed by atoms with E-state index in [2.05, 4.69) is 25.7 Å². The molecule has 17 heavy (non-hydrogen) atoms. The Morgan fingerprint density at radius 3 is 2.35 bits per heavy atom. The molecule has 0 radical (unpaired) electrons. The van der Waals surface area contributed by atoms with Crippen LogP contribution in [0.2, 0.25) is 0 Å². The highest BCUT2D eigenvalue weighted by Crippen LogP contribution is 2.30. The Balaban J connectivity index is 2.36. The van der Waals surface area contributed by atoms with Crippen molar-refractivity contribution in [3.63, 3.8) is 0 Å². The van der Waals surface area contributed by atoms with Gasteiger partial charge in [0.25, 0.3) is 0 Å². The number of rotatable bonds is 8. The van der Waals surface area contributed by atoms with Crippen LogP contribution in [0.15, 0.2) is 0 Å². The first-order valence-corrected chi connectivity index (χ1v) is 7.64. The molecule has 0 amide bonds. The van der Waals surface area contributed by atoms with Gasteiger partial charge in [0.2, 0.25) is 0 Å². The Morgan fingerprint density at radius 2 is 1.82 bits per heavy atom. The van der Waals surface area contributed by atoms with Crippen molar-refractivity contribution in [2.24, 2.45) is 5.73 Å². The zero-order valence-corrected chi connectivity index (χ0v) is 12.2. The van der Waals surface area contributed by atoms with Crippen LogP contribution in [0, 0.1) is 0 Å². The van der Waals surface area contributed by atoms with E-state index in [0.29, 0.717) is 6.04 Å². The van der Waals surface area contributed by atoms with E-state index in [9.17, 15) is 0 Å². The fraction of sp³-hybridized carbons (Fsp3) is 1.00. The van der Waals surface area contributed by atoms with Gasteiger partial charge in [0.15, 0.2) is 0 Å². The van der Waals surface area contributed by atoms with Gasteiger partial charge in [-0.05, 0) is 45.6 Å². The minimum Gasteiger partial charge on any atom is -0.325 e. The van der Waals surface area contributed by atoms with Gasteiger partial charge in [-0.1, -0.05) is 33.1 Å². The van der Waals surface area contributed by atoms with E-state index >= 15 is 0 Å². The topological polar surface area (TPSA) is 29.3 Å². The van der Waals surface area contributed by atoms with Crippen molar-refractivity contribution >= 4 is 0 Å². The molecule has 1 unspecified atom stereocenters. The van der Waals surface area contributed by atoms with E-state index < -0.39 is 0 Å². The second-order valence-corrected chi connectivity index (χ2v) is 5.97. The molecule has 0 aliphatic heterocycles. The van der Waals surface area contributed by atoms with E-state index in [1.54, 1.807) is 0 Å². The molecule has 0 aromatic carbocycles. The highest BCUT2D eigenvalue weighted by atomic mass is 15.1. The summed E-state index contributed by atoms with van der Waals surface area (Å²) in [7, 11) is 0. The van der Waals surface area contributed by atoms with Crippen LogP contribution >= 0.6 is 0 Å². The van der Waals surface area contributed by atoms with Gasteiger partial charge in [-0.3, -0.25) is 0 Å². The normalized spacial score (nSPS) is 21.0. The first kappa shape index (κ1) is 15.0. The zero-order valence-electron chi connectivity index (χ0n) is 12.2. The van der Waals surface area contributed by atoms with Crippen molar-refractivity contribution in [3.05, 3.63) is 0 Å². The summed E-state index contributed by atoms with van der Waals surface area (Å²) < 4.78 is 0. The van der Waals surface area contributed by atoms with Crippen LogP contribution in [0.5, 0.6) is 0 Å². The van der Waals surface area contributed by atoms with Crippen molar-refractivity contribution in [2.45, 2.75) is 83.7 Å². The molecule has 102 valence electrons. The number of nitrogens with two attached hydrogens (primary N) is 1. The van der Waals surface area contributed by atoms with Crippen LogP contribution in [-0.4, -0.2) is 29.6 Å². The molecule has 2 nitrogen and oxygen atoms in total. The van der Waals surface area contributed by atoms with E-state index in [-0.39, 0.29) is 5.54 Å². The van der Waals surface area contributed by atoms with E-state index in [0.717, 1.165) is 0 Å². The SMILES string of the molecule is CCCCN(CCC1(N)CCCC1)C(C)CC. The van der Waals surface area contributed by atoms with Gasteiger partial charge in [-0.25, -0.2) is 0 Å². The molecular formula is C15H32N2. The van der Waals surface area contributed by atoms with Gasteiger partial charge in [0.05, 0.1) is 0 Å². The van der Waals surface area contributed by atoms with Crippen LogP contribution in [0.25, 0.3) is 0 Å². The highest BCUT2D eigenvalue weighted by molar-refractivity contribution is 4.90. The first-order chi connectivity index (χ1) is 8.11. The van der Waals surface area contributed by atoms with Crippen LogP contribution in [0.1, 0.15) is 72.1 Å². The molecule has 0 bridgehead atoms. The lowest BCUT2D eigenvalue weighted by atomic mass is 9.94. The average molecular weight is 240 g/mol. The van der Waals surface area contributed by atoms with Crippen LogP contribution < -0.4 is 5.73 Å². The third-order valence-corrected chi connectivity index (χ3v) is 4.51. The lowest BCUT2D eigenvalue weighted by Crippen LogP contribution is -2.43. The van der Waals surface area contributed by atoms with Gasteiger partial charge in [-0.2, -0.15) is 0 Å². The summed E-state index contributed by atoms with van der Waals surface area (Å²) in [5.74, 6) is 0. The molecule has 0 heterocycles. The molecule has 1 aliphatic carbocycles. The third kappa shape index (κ3) is 4.97. The minimum atomic E-state index is 0.165. The quantitative estimate of drug-likeness (QED) is 0.703. The van der Waals surface area contributed by atoms with E-state index in [1.807, 2.05) is 0 Å². The maximum absolute atomic E-state index is 6.45. The average Bonchev–Trinajstić information content (AvgIpc) is 2.76. The largest absolute Gasteiger partial charge is 0.325 e. The Kier molecular flexibility index (Phi) is 6.50. The number of hydrogen-bond donors (Lipinski definition) is 1. The smallest absolute Gasteiger partial charge is 0.0166 e. The zero-order chi connectivity index (χ0) is 12.7. The molecule has 0 aromatic heterocycles. The third-order valence-electron chi connectivity index (χ3n) is 4.51. The molecular weight excluding hydrogens is 208 g/mol. The van der Waals surface area contributed by atoms with Crippen molar-refractivity contribution in [3.8, 4) is 0 Å². The van der Waals surface area contributed by atoms with Crippen molar-refractivity contribution in [1.82, 2.24) is 4.90 Å². The van der Waals surface area contributed by atoms with Gasteiger partial charge in [0, 0.05) is 18.1 Å². The Bertz CT molecular complexity index is 197. The summed E-state index contributed by atoms with van der Waals surface area (Å²) in [6.45, 7) is 9.37. The maximum atomic E-state index is 6.45. The van der Waals surface area contributed by atoms with Crippen LogP contribution in [-0.2, 0) is 0 Å². The second-order valence-electron chi connectivity index (χ2n) is 5.97. The Hall–Kier alpha value is -0.0800. The molecule has 1 rings (SSSR count). The predicted molar refractivity (Wildman–Crippen MR) is 76.2 cm³/mol. The molecule has 0 saturated heterocycles. The fourth-order valence-electron chi connectivity index (χ4n) is 2.87. The summed E-state index contributed by atoms with van der Waals surface area (Å²) in [6.07, 6.45) is 10.2. The minimum absolute atomic E-state index is 0.165. The fourth-order valence-corrected chi connectivity index (χ4v) is 2.87. The molecule has 0 spiro atoms. The van der Waals surface area contributed by atoms with Gasteiger partial charge in [-0.15, -0.1) is 0 Å². The second kappa shape index (κ2) is 7.38. The monoisotopic (exact) mass is 240 g/mol. The van der Waals surface area contributed by atoms with Crippen molar-refractivity contribution in [1.29, 1.82) is 0 Å². The van der Waals surface area contributed by atoms with Crippen LogP contribution in [0.3, 0.4) is 0 Å². The van der Waals surface area contributed by atoms with Gasteiger partial charge < -0.3 is 10.6 Å². The standard InChI is InChI=1S/C15H32N2/c1-4-6-12-17(14(3)5-2)13-11-15(16)9-7-8-10-15/h14H,4-13,16H2,1-3H3. The van der Waals surface area contributed by atoms with Gasteiger partial charge >= 0.3 is 0 Å². The number of hydrogen-bond acceptors (Lipinski definition) is 2. The van der Waals surface area contributed by atoms with E-state index in [1.165, 1.54) is 64.5 Å². The lowest BCUT2D eigenvalue weighted by Gasteiger charge is -2.32. The maximum Gasteiger partial charge on any atom is 0.0166 e. The molecule has 0 aromatic rings. The number of nitrogens with zero attached hydrogens (tertiary/aromatic N) is 1.